The molecular formula is C34H23N3O3. The van der Waals surface area contributed by atoms with Crippen LogP contribution in [-0.2, 0) is 0 Å². The Morgan fingerprint density at radius 2 is 1.60 bits per heavy atom. The first kappa shape index (κ1) is 24.8. The molecule has 6 rings (SSSR count). The van der Waals surface area contributed by atoms with Crippen LogP contribution in [0.15, 0.2) is 120 Å². The third-order valence-corrected chi connectivity index (χ3v) is 6.74. The smallest absolute Gasteiger partial charge is 0.264 e. The van der Waals surface area contributed by atoms with E-state index in [0.717, 1.165) is 27.6 Å². The van der Waals surface area contributed by atoms with Gasteiger partial charge < -0.3 is 10.1 Å². The normalized spacial score (nSPS) is 11.5. The Balaban J connectivity index is 1.42. The number of aliphatic hydroxyl groups is 1. The van der Waals surface area contributed by atoms with Gasteiger partial charge in [-0.25, -0.2) is 5.10 Å². The first-order chi connectivity index (χ1) is 19.6. The molecule has 1 atom stereocenters. The molecule has 4 aromatic carbocycles. The van der Waals surface area contributed by atoms with Crippen LogP contribution in [0.3, 0.4) is 0 Å². The highest BCUT2D eigenvalue weighted by molar-refractivity contribution is 6.07. The second-order valence-electron chi connectivity index (χ2n) is 9.32. The monoisotopic (exact) mass is 521 g/mol. The molecule has 0 aliphatic heterocycles. The minimum Gasteiger partial charge on any atom is -0.380 e. The number of Topliss-reactive ketones (excluding diaryl/α,β-unsaturated/α-hetero) is 1. The maximum absolute atomic E-state index is 13.6. The number of H-pyrrole nitrogens is 2. The molecule has 0 bridgehead atoms. The van der Waals surface area contributed by atoms with E-state index in [0.29, 0.717) is 27.9 Å². The van der Waals surface area contributed by atoms with E-state index in [-0.39, 0.29) is 5.56 Å². The minimum atomic E-state index is -1.30. The Labute approximate surface area is 230 Å². The highest BCUT2D eigenvalue weighted by Crippen LogP contribution is 2.33. The van der Waals surface area contributed by atoms with E-state index in [1.807, 2.05) is 66.9 Å². The summed E-state index contributed by atoms with van der Waals surface area (Å²) < 4.78 is 0. The van der Waals surface area contributed by atoms with E-state index < -0.39 is 11.9 Å². The quantitative estimate of drug-likeness (QED) is 0.194. The molecule has 6 nitrogen and oxygen atoms in total. The van der Waals surface area contributed by atoms with Crippen LogP contribution in [0.5, 0.6) is 0 Å². The molecule has 0 spiro atoms. The van der Waals surface area contributed by atoms with Crippen molar-refractivity contribution in [1.82, 2.24) is 15.2 Å². The first-order valence-electron chi connectivity index (χ1n) is 12.7. The van der Waals surface area contributed by atoms with Crippen molar-refractivity contribution < 1.29 is 9.90 Å². The Bertz CT molecular complexity index is 1940. The third-order valence-electron chi connectivity index (χ3n) is 6.74. The number of nitrogens with zero attached hydrogens (tertiary/aromatic N) is 1. The zero-order valence-corrected chi connectivity index (χ0v) is 21.3. The minimum absolute atomic E-state index is 0.255. The molecule has 0 aliphatic carbocycles. The number of aromatic nitrogens is 3. The lowest BCUT2D eigenvalue weighted by atomic mass is 9.89. The molecule has 1 unspecified atom stereocenters. The van der Waals surface area contributed by atoms with Crippen molar-refractivity contribution in [2.24, 2.45) is 0 Å². The van der Waals surface area contributed by atoms with Gasteiger partial charge in [0.05, 0.1) is 5.69 Å². The zero-order chi connectivity index (χ0) is 27.5. The van der Waals surface area contributed by atoms with E-state index in [9.17, 15) is 14.7 Å². The van der Waals surface area contributed by atoms with Crippen molar-refractivity contribution >= 4 is 16.7 Å². The van der Waals surface area contributed by atoms with Gasteiger partial charge in [-0.05, 0) is 52.9 Å². The summed E-state index contributed by atoms with van der Waals surface area (Å²) in [6, 6.07) is 32.9. The fraction of sp³-hybridized carbons (Fsp3) is 0.0294. The standard InChI is InChI=1S/C34H23N3O3/c38-31-18-17-29(36-37-31)23-12-9-22(10-13-23)11-14-25-7-4-8-28(34(40)33(39)26-5-2-1-3-6-26)32(25)27-16-15-24-19-20-35-30(24)21-27/h1-10,12-13,15-21,33,35,39H,(H,37,38). The number of benzene rings is 4. The highest BCUT2D eigenvalue weighted by atomic mass is 16.3. The van der Waals surface area contributed by atoms with Crippen LogP contribution >= 0.6 is 0 Å². The van der Waals surface area contributed by atoms with Gasteiger partial charge >= 0.3 is 0 Å². The number of carbonyl (C=O) groups excluding carboxylic acids is 1. The van der Waals surface area contributed by atoms with Gasteiger partial charge in [-0.3, -0.25) is 9.59 Å². The van der Waals surface area contributed by atoms with Gasteiger partial charge in [-0.15, -0.1) is 0 Å². The molecule has 40 heavy (non-hydrogen) atoms. The number of ketones is 1. The molecule has 0 radical (unpaired) electrons. The van der Waals surface area contributed by atoms with Gasteiger partial charge in [0.2, 0.25) is 0 Å². The SMILES string of the molecule is O=C(c1cccc(C#Cc2ccc(-c3ccc(=O)[nH]n3)cc2)c1-c1ccc2cc[nH]c2c1)C(O)c1ccccc1. The Morgan fingerprint density at radius 1 is 0.800 bits per heavy atom. The predicted molar refractivity (Wildman–Crippen MR) is 156 cm³/mol. The number of aliphatic hydroxyl groups excluding tert-OH is 1. The zero-order valence-electron chi connectivity index (χ0n) is 21.3. The maximum Gasteiger partial charge on any atom is 0.264 e. The molecule has 0 amide bonds. The lowest BCUT2D eigenvalue weighted by molar-refractivity contribution is 0.0748. The summed E-state index contributed by atoms with van der Waals surface area (Å²) in [5.74, 6) is 6.07. The molecule has 0 fully saturated rings. The second kappa shape index (κ2) is 10.7. The molecule has 0 aliphatic rings. The van der Waals surface area contributed by atoms with Crippen LogP contribution in [0.1, 0.15) is 33.2 Å². The lowest BCUT2D eigenvalue weighted by Crippen LogP contribution is -2.14. The van der Waals surface area contributed by atoms with E-state index in [1.165, 1.54) is 6.07 Å². The van der Waals surface area contributed by atoms with Crippen LogP contribution in [0.2, 0.25) is 0 Å². The molecular weight excluding hydrogens is 498 g/mol. The fourth-order valence-corrected chi connectivity index (χ4v) is 4.68. The Hall–Kier alpha value is -5.51. The number of carbonyl (C=O) groups is 1. The fourth-order valence-electron chi connectivity index (χ4n) is 4.68. The van der Waals surface area contributed by atoms with Crippen molar-refractivity contribution in [3.8, 4) is 34.2 Å². The van der Waals surface area contributed by atoms with Crippen molar-refractivity contribution in [3.63, 3.8) is 0 Å². The summed E-state index contributed by atoms with van der Waals surface area (Å²) in [7, 11) is 0. The molecule has 2 heterocycles. The van der Waals surface area contributed by atoms with Crippen LogP contribution in [0.4, 0.5) is 0 Å². The van der Waals surface area contributed by atoms with Gasteiger partial charge in [0, 0.05) is 45.6 Å². The highest BCUT2D eigenvalue weighted by Gasteiger charge is 2.24. The van der Waals surface area contributed by atoms with Gasteiger partial charge in [-0.1, -0.05) is 78.6 Å². The Morgan fingerprint density at radius 3 is 2.38 bits per heavy atom. The molecule has 192 valence electrons. The van der Waals surface area contributed by atoms with Gasteiger partial charge in [0.15, 0.2) is 5.78 Å². The number of fused-ring (bicyclic) bond motifs is 1. The molecule has 0 saturated heterocycles. The summed E-state index contributed by atoms with van der Waals surface area (Å²) >= 11 is 0. The number of hydrogen-bond acceptors (Lipinski definition) is 4. The van der Waals surface area contributed by atoms with Gasteiger partial charge in [0.25, 0.3) is 5.56 Å². The van der Waals surface area contributed by atoms with Crippen LogP contribution < -0.4 is 5.56 Å². The largest absolute Gasteiger partial charge is 0.380 e. The number of rotatable bonds is 5. The molecule has 6 aromatic rings. The maximum atomic E-state index is 13.6. The number of hydrogen-bond donors (Lipinski definition) is 3. The first-order valence-corrected chi connectivity index (χ1v) is 12.7. The lowest BCUT2D eigenvalue weighted by Gasteiger charge is -2.15. The molecule has 6 heteroatoms. The van der Waals surface area contributed by atoms with Crippen molar-refractivity contribution in [2.75, 3.05) is 0 Å². The van der Waals surface area contributed by atoms with Crippen LogP contribution in [-0.4, -0.2) is 26.1 Å². The summed E-state index contributed by atoms with van der Waals surface area (Å²) in [5.41, 5.74) is 6.06. The van der Waals surface area contributed by atoms with E-state index in [4.69, 9.17) is 0 Å². The summed E-state index contributed by atoms with van der Waals surface area (Å²) in [5, 5.41) is 18.5. The predicted octanol–water partition coefficient (Wildman–Crippen LogP) is 5.90. The topological polar surface area (TPSA) is 98.8 Å². The number of aromatic amines is 2. The van der Waals surface area contributed by atoms with Crippen molar-refractivity contribution in [1.29, 1.82) is 0 Å². The van der Waals surface area contributed by atoms with Gasteiger partial charge in [-0.2, -0.15) is 5.10 Å². The molecule has 0 saturated carbocycles. The average Bonchev–Trinajstić information content (AvgIpc) is 3.48. The van der Waals surface area contributed by atoms with E-state index in [2.05, 4.69) is 27.0 Å². The molecule has 3 N–H and O–H groups in total. The van der Waals surface area contributed by atoms with Gasteiger partial charge in [0.1, 0.15) is 6.10 Å². The van der Waals surface area contributed by atoms with E-state index in [1.54, 1.807) is 42.5 Å². The van der Waals surface area contributed by atoms with Crippen LogP contribution in [0.25, 0.3) is 33.3 Å². The summed E-state index contributed by atoms with van der Waals surface area (Å²) in [4.78, 5) is 28.2. The summed E-state index contributed by atoms with van der Waals surface area (Å²) in [6.45, 7) is 0. The van der Waals surface area contributed by atoms with Crippen LogP contribution in [0, 0.1) is 11.8 Å². The number of nitrogens with one attached hydrogen (secondary N) is 2. The average molecular weight is 522 g/mol. The third kappa shape index (κ3) is 4.97. The van der Waals surface area contributed by atoms with Crippen molar-refractivity contribution in [2.45, 2.75) is 6.10 Å². The molecule has 2 aromatic heterocycles. The van der Waals surface area contributed by atoms with E-state index >= 15 is 0 Å². The summed E-state index contributed by atoms with van der Waals surface area (Å²) in [6.07, 6.45) is 0.573. The Kier molecular flexibility index (Phi) is 6.63. The van der Waals surface area contributed by atoms with Crippen molar-refractivity contribution in [3.05, 3.63) is 148 Å². The second-order valence-corrected chi connectivity index (χ2v) is 9.32.